The smallest absolute Gasteiger partial charge is 0.318 e. The van der Waals surface area contributed by atoms with Gasteiger partial charge in [-0.2, -0.15) is 5.10 Å². The molecule has 1 unspecified atom stereocenters. The van der Waals surface area contributed by atoms with E-state index in [-0.39, 0.29) is 0 Å². The standard InChI is InChI=1S/C16H15N3O3/c1-16(15(20)21,13-5-3-4-6-14(13)22-2)11-7-12-8-17-10-18-19(12)9-11/h3-10H,1-2H3,(H,20,21). The summed E-state index contributed by atoms with van der Waals surface area (Å²) in [5.41, 5.74) is 0.694. The first-order valence-electron chi connectivity index (χ1n) is 6.73. The third-order valence-corrected chi connectivity index (χ3v) is 3.93. The molecule has 0 spiro atoms. The summed E-state index contributed by atoms with van der Waals surface area (Å²) in [6.07, 6.45) is 4.76. The van der Waals surface area contributed by atoms with Gasteiger partial charge in [-0.15, -0.1) is 0 Å². The summed E-state index contributed by atoms with van der Waals surface area (Å²) < 4.78 is 6.95. The van der Waals surface area contributed by atoms with E-state index in [0.29, 0.717) is 16.9 Å². The highest BCUT2D eigenvalue weighted by molar-refractivity contribution is 5.87. The Kier molecular flexibility index (Phi) is 3.29. The second kappa shape index (κ2) is 5.14. The fourth-order valence-corrected chi connectivity index (χ4v) is 2.59. The SMILES string of the molecule is COc1ccccc1C(C)(C(=O)O)c1cc2cncnn2c1. The van der Waals surface area contributed by atoms with Gasteiger partial charge in [0, 0.05) is 11.8 Å². The number of carboxylic acid groups (broad SMARTS) is 1. The fraction of sp³-hybridized carbons (Fsp3) is 0.188. The lowest BCUT2D eigenvalue weighted by Gasteiger charge is -2.26. The van der Waals surface area contributed by atoms with Gasteiger partial charge in [-0.1, -0.05) is 18.2 Å². The largest absolute Gasteiger partial charge is 0.496 e. The summed E-state index contributed by atoms with van der Waals surface area (Å²) in [6, 6.07) is 8.91. The summed E-state index contributed by atoms with van der Waals surface area (Å²) in [6.45, 7) is 1.66. The lowest BCUT2D eigenvalue weighted by atomic mass is 9.77. The highest BCUT2D eigenvalue weighted by Crippen LogP contribution is 2.38. The number of fused-ring (bicyclic) bond motifs is 1. The van der Waals surface area contributed by atoms with Crippen molar-refractivity contribution >= 4 is 11.5 Å². The van der Waals surface area contributed by atoms with E-state index in [1.807, 2.05) is 6.07 Å². The van der Waals surface area contributed by atoms with Crippen molar-refractivity contribution in [2.24, 2.45) is 0 Å². The Morgan fingerprint density at radius 3 is 2.82 bits per heavy atom. The van der Waals surface area contributed by atoms with Gasteiger partial charge in [-0.3, -0.25) is 4.79 Å². The molecule has 3 aromatic rings. The number of ether oxygens (including phenoxy) is 1. The predicted octanol–water partition coefficient (Wildman–Crippen LogP) is 2.13. The van der Waals surface area contributed by atoms with Crippen LogP contribution in [0.1, 0.15) is 18.1 Å². The molecule has 6 nitrogen and oxygen atoms in total. The van der Waals surface area contributed by atoms with E-state index >= 15 is 0 Å². The van der Waals surface area contributed by atoms with Crippen molar-refractivity contribution in [3.8, 4) is 5.75 Å². The number of aromatic nitrogens is 3. The molecule has 0 aliphatic rings. The van der Waals surface area contributed by atoms with Crippen LogP contribution in [0, 0.1) is 0 Å². The topological polar surface area (TPSA) is 76.7 Å². The van der Waals surface area contributed by atoms with Crippen LogP contribution in [-0.4, -0.2) is 32.8 Å². The molecule has 2 aromatic heterocycles. The van der Waals surface area contributed by atoms with Gasteiger partial charge < -0.3 is 9.84 Å². The zero-order valence-electron chi connectivity index (χ0n) is 12.2. The van der Waals surface area contributed by atoms with Gasteiger partial charge >= 0.3 is 5.97 Å². The number of benzene rings is 1. The summed E-state index contributed by atoms with van der Waals surface area (Å²) >= 11 is 0. The Labute approximate surface area is 127 Å². The first-order chi connectivity index (χ1) is 10.6. The molecule has 3 rings (SSSR count). The van der Waals surface area contributed by atoms with E-state index in [1.165, 1.54) is 13.4 Å². The van der Waals surface area contributed by atoms with E-state index in [1.54, 1.807) is 48.1 Å². The third kappa shape index (κ3) is 2.00. The van der Waals surface area contributed by atoms with Gasteiger partial charge in [-0.25, -0.2) is 9.50 Å². The van der Waals surface area contributed by atoms with Gasteiger partial charge in [0.15, 0.2) is 0 Å². The van der Waals surface area contributed by atoms with Gasteiger partial charge in [0.1, 0.15) is 17.5 Å². The molecule has 0 saturated carbocycles. The number of carbonyl (C=O) groups is 1. The molecule has 0 aliphatic carbocycles. The normalized spacial score (nSPS) is 13.7. The molecule has 22 heavy (non-hydrogen) atoms. The highest BCUT2D eigenvalue weighted by Gasteiger charge is 2.40. The molecule has 6 heteroatoms. The molecule has 2 heterocycles. The Hall–Kier alpha value is -2.89. The lowest BCUT2D eigenvalue weighted by Crippen LogP contribution is -2.33. The van der Waals surface area contributed by atoms with Gasteiger partial charge in [0.2, 0.25) is 0 Å². The average Bonchev–Trinajstić information content (AvgIpc) is 2.98. The van der Waals surface area contributed by atoms with E-state index in [2.05, 4.69) is 10.1 Å². The number of hydrogen-bond donors (Lipinski definition) is 1. The molecule has 1 atom stereocenters. The van der Waals surface area contributed by atoms with Crippen LogP contribution in [0.4, 0.5) is 0 Å². The molecular formula is C16H15N3O3. The molecule has 1 aromatic carbocycles. The van der Waals surface area contributed by atoms with Crippen LogP contribution in [0.2, 0.25) is 0 Å². The Morgan fingerprint density at radius 2 is 2.14 bits per heavy atom. The second-order valence-electron chi connectivity index (χ2n) is 5.14. The van der Waals surface area contributed by atoms with E-state index in [9.17, 15) is 9.90 Å². The van der Waals surface area contributed by atoms with Gasteiger partial charge in [0.05, 0.1) is 18.8 Å². The maximum Gasteiger partial charge on any atom is 0.318 e. The zero-order chi connectivity index (χ0) is 15.7. The number of rotatable bonds is 4. The summed E-state index contributed by atoms with van der Waals surface area (Å²) in [7, 11) is 1.53. The number of para-hydroxylation sites is 1. The van der Waals surface area contributed by atoms with Crippen LogP contribution in [0.3, 0.4) is 0 Å². The minimum absolute atomic E-state index is 0.536. The molecule has 0 radical (unpaired) electrons. The van der Waals surface area contributed by atoms with E-state index in [0.717, 1.165) is 5.52 Å². The fourth-order valence-electron chi connectivity index (χ4n) is 2.59. The predicted molar refractivity (Wildman–Crippen MR) is 80.1 cm³/mol. The van der Waals surface area contributed by atoms with Crippen molar-refractivity contribution in [3.05, 3.63) is 60.2 Å². The number of nitrogens with zero attached hydrogens (tertiary/aromatic N) is 3. The van der Waals surface area contributed by atoms with Crippen molar-refractivity contribution in [2.75, 3.05) is 7.11 Å². The Morgan fingerprint density at radius 1 is 1.36 bits per heavy atom. The highest BCUT2D eigenvalue weighted by atomic mass is 16.5. The minimum Gasteiger partial charge on any atom is -0.496 e. The van der Waals surface area contributed by atoms with Crippen LogP contribution in [0.5, 0.6) is 5.75 Å². The number of carboxylic acids is 1. The molecule has 1 N–H and O–H groups in total. The van der Waals surface area contributed by atoms with Crippen molar-refractivity contribution in [1.29, 1.82) is 0 Å². The van der Waals surface area contributed by atoms with Gasteiger partial charge in [-0.05, 0) is 24.6 Å². The molecule has 0 fully saturated rings. The molecule has 0 saturated heterocycles. The lowest BCUT2D eigenvalue weighted by molar-refractivity contribution is -0.141. The quantitative estimate of drug-likeness (QED) is 0.798. The van der Waals surface area contributed by atoms with E-state index in [4.69, 9.17) is 4.74 Å². The van der Waals surface area contributed by atoms with Crippen molar-refractivity contribution in [2.45, 2.75) is 12.3 Å². The van der Waals surface area contributed by atoms with Gasteiger partial charge in [0.25, 0.3) is 0 Å². The molecule has 0 amide bonds. The maximum absolute atomic E-state index is 12.1. The summed E-state index contributed by atoms with van der Waals surface area (Å²) in [5, 5.41) is 14.0. The van der Waals surface area contributed by atoms with E-state index < -0.39 is 11.4 Å². The summed E-state index contributed by atoms with van der Waals surface area (Å²) in [5.74, 6) is -0.422. The van der Waals surface area contributed by atoms with Crippen molar-refractivity contribution in [3.63, 3.8) is 0 Å². The van der Waals surface area contributed by atoms with Crippen molar-refractivity contribution < 1.29 is 14.6 Å². The first kappa shape index (κ1) is 14.1. The number of aliphatic carboxylic acids is 1. The third-order valence-electron chi connectivity index (χ3n) is 3.93. The van der Waals surface area contributed by atoms with Crippen LogP contribution in [-0.2, 0) is 10.2 Å². The number of hydrogen-bond acceptors (Lipinski definition) is 4. The molecular weight excluding hydrogens is 282 g/mol. The molecule has 0 aliphatic heterocycles. The monoisotopic (exact) mass is 297 g/mol. The maximum atomic E-state index is 12.1. The van der Waals surface area contributed by atoms with Crippen LogP contribution in [0.15, 0.2) is 49.1 Å². The summed E-state index contributed by atoms with van der Waals surface area (Å²) in [4.78, 5) is 16.0. The Bertz CT molecular complexity index is 810. The number of methoxy groups -OCH3 is 1. The Balaban J connectivity index is 2.26. The van der Waals surface area contributed by atoms with Crippen LogP contribution < -0.4 is 4.74 Å². The van der Waals surface area contributed by atoms with Crippen molar-refractivity contribution in [1.82, 2.24) is 14.6 Å². The zero-order valence-corrected chi connectivity index (χ0v) is 12.2. The average molecular weight is 297 g/mol. The minimum atomic E-state index is -1.25. The second-order valence-corrected chi connectivity index (χ2v) is 5.14. The van der Waals surface area contributed by atoms with Crippen LogP contribution in [0.25, 0.3) is 5.52 Å². The molecule has 112 valence electrons. The van der Waals surface area contributed by atoms with Crippen LogP contribution >= 0.6 is 0 Å². The first-order valence-corrected chi connectivity index (χ1v) is 6.73. The molecule has 0 bridgehead atoms.